The van der Waals surface area contributed by atoms with Crippen molar-refractivity contribution in [3.05, 3.63) is 65.2 Å². The van der Waals surface area contributed by atoms with Gasteiger partial charge in [-0.2, -0.15) is 0 Å². The zero-order valence-electron chi connectivity index (χ0n) is 15.7. The SMILES string of the molecule is CCc1ccc(-c2nc(C[NH+]3CCN(c4ccccc4O)CC3)cs2)cc1. The molecule has 140 valence electrons. The Morgan fingerprint density at radius 1 is 1.07 bits per heavy atom. The third-order valence-corrected chi connectivity index (χ3v) is 6.23. The number of nitrogens with zero attached hydrogens (tertiary/aromatic N) is 2. The first-order valence-corrected chi connectivity index (χ1v) is 10.5. The van der Waals surface area contributed by atoms with E-state index in [9.17, 15) is 5.11 Å². The lowest BCUT2D eigenvalue weighted by molar-refractivity contribution is -0.914. The van der Waals surface area contributed by atoms with Crippen molar-refractivity contribution in [3.8, 4) is 16.3 Å². The van der Waals surface area contributed by atoms with Crippen LogP contribution >= 0.6 is 11.3 Å². The highest BCUT2D eigenvalue weighted by Gasteiger charge is 2.22. The molecule has 4 nitrogen and oxygen atoms in total. The summed E-state index contributed by atoms with van der Waals surface area (Å²) in [5.41, 5.74) is 4.70. The molecule has 3 aromatic rings. The van der Waals surface area contributed by atoms with E-state index in [4.69, 9.17) is 4.98 Å². The molecule has 0 atom stereocenters. The maximum Gasteiger partial charge on any atom is 0.138 e. The van der Waals surface area contributed by atoms with Gasteiger partial charge in [0.05, 0.1) is 31.9 Å². The number of benzene rings is 2. The van der Waals surface area contributed by atoms with Crippen LogP contribution in [0.3, 0.4) is 0 Å². The molecule has 0 amide bonds. The molecule has 0 unspecified atom stereocenters. The monoisotopic (exact) mass is 380 g/mol. The number of hydrogen-bond acceptors (Lipinski definition) is 4. The number of anilines is 1. The number of aromatic nitrogens is 1. The summed E-state index contributed by atoms with van der Waals surface area (Å²) in [7, 11) is 0. The van der Waals surface area contributed by atoms with Crippen molar-refractivity contribution < 1.29 is 10.0 Å². The van der Waals surface area contributed by atoms with Gasteiger partial charge in [-0.25, -0.2) is 4.98 Å². The Bertz CT molecular complexity index is 883. The van der Waals surface area contributed by atoms with Crippen molar-refractivity contribution in [2.24, 2.45) is 0 Å². The summed E-state index contributed by atoms with van der Waals surface area (Å²) in [6.07, 6.45) is 1.07. The van der Waals surface area contributed by atoms with Crippen LogP contribution in [0, 0.1) is 0 Å². The van der Waals surface area contributed by atoms with Gasteiger partial charge in [0.25, 0.3) is 0 Å². The molecule has 2 aromatic carbocycles. The number of hydrogen-bond donors (Lipinski definition) is 2. The van der Waals surface area contributed by atoms with E-state index in [0.29, 0.717) is 5.75 Å². The Morgan fingerprint density at radius 3 is 2.52 bits per heavy atom. The number of thiazole rings is 1. The number of phenols is 1. The molecule has 0 spiro atoms. The lowest BCUT2D eigenvalue weighted by atomic mass is 10.1. The molecule has 1 saturated heterocycles. The molecule has 1 aliphatic heterocycles. The molecule has 1 aromatic heterocycles. The molecule has 0 bridgehead atoms. The van der Waals surface area contributed by atoms with E-state index in [1.165, 1.54) is 16.8 Å². The van der Waals surface area contributed by atoms with Gasteiger partial charge >= 0.3 is 0 Å². The summed E-state index contributed by atoms with van der Waals surface area (Å²) in [6.45, 7) is 7.19. The van der Waals surface area contributed by atoms with Crippen LogP contribution in [0.4, 0.5) is 5.69 Å². The number of piperazine rings is 1. The molecule has 2 N–H and O–H groups in total. The van der Waals surface area contributed by atoms with E-state index >= 15 is 0 Å². The van der Waals surface area contributed by atoms with Crippen molar-refractivity contribution in [1.29, 1.82) is 0 Å². The zero-order chi connectivity index (χ0) is 18.6. The van der Waals surface area contributed by atoms with E-state index < -0.39 is 0 Å². The quantitative estimate of drug-likeness (QED) is 0.715. The third-order valence-electron chi connectivity index (χ3n) is 5.28. The number of rotatable bonds is 5. The minimum Gasteiger partial charge on any atom is -0.506 e. The first kappa shape index (κ1) is 18.0. The molecular weight excluding hydrogens is 354 g/mol. The van der Waals surface area contributed by atoms with Gasteiger partial charge in [-0.05, 0) is 24.1 Å². The Balaban J connectivity index is 1.35. The second kappa shape index (κ2) is 8.11. The molecule has 0 saturated carbocycles. The van der Waals surface area contributed by atoms with E-state index in [1.807, 2.05) is 18.2 Å². The smallest absolute Gasteiger partial charge is 0.138 e. The van der Waals surface area contributed by atoms with E-state index in [0.717, 1.165) is 49.8 Å². The number of para-hydroxylation sites is 2. The number of aromatic hydroxyl groups is 1. The normalized spacial score (nSPS) is 15.2. The first-order chi connectivity index (χ1) is 13.2. The highest BCUT2D eigenvalue weighted by Crippen LogP contribution is 2.26. The summed E-state index contributed by atoms with van der Waals surface area (Å²) in [6, 6.07) is 16.4. The van der Waals surface area contributed by atoms with Crippen LogP contribution in [-0.2, 0) is 13.0 Å². The van der Waals surface area contributed by atoms with Crippen LogP contribution in [0.1, 0.15) is 18.2 Å². The van der Waals surface area contributed by atoms with Crippen LogP contribution < -0.4 is 9.80 Å². The van der Waals surface area contributed by atoms with Gasteiger partial charge in [-0.1, -0.05) is 43.3 Å². The van der Waals surface area contributed by atoms with E-state index in [1.54, 1.807) is 22.3 Å². The summed E-state index contributed by atoms with van der Waals surface area (Å²) >= 11 is 1.74. The lowest BCUT2D eigenvalue weighted by Crippen LogP contribution is -3.13. The molecule has 27 heavy (non-hydrogen) atoms. The largest absolute Gasteiger partial charge is 0.506 e. The van der Waals surface area contributed by atoms with E-state index in [2.05, 4.69) is 41.5 Å². The summed E-state index contributed by atoms with van der Waals surface area (Å²) in [5.74, 6) is 0.374. The Labute approximate surface area is 164 Å². The molecule has 1 aliphatic rings. The first-order valence-electron chi connectivity index (χ1n) is 9.63. The summed E-state index contributed by atoms with van der Waals surface area (Å²) < 4.78 is 0. The van der Waals surface area contributed by atoms with E-state index in [-0.39, 0.29) is 0 Å². The van der Waals surface area contributed by atoms with Gasteiger partial charge in [0, 0.05) is 10.9 Å². The average Bonchev–Trinajstić information content (AvgIpc) is 3.18. The molecule has 0 aliphatic carbocycles. The topological polar surface area (TPSA) is 40.8 Å². The van der Waals surface area contributed by atoms with Crippen LogP contribution in [0.5, 0.6) is 5.75 Å². The van der Waals surface area contributed by atoms with Gasteiger partial charge < -0.3 is 14.9 Å². The zero-order valence-corrected chi connectivity index (χ0v) is 16.5. The van der Waals surface area contributed by atoms with Crippen LogP contribution in [0.15, 0.2) is 53.9 Å². The standard InChI is InChI=1S/C22H25N3OS/c1-2-17-7-9-18(10-8-17)22-23-19(16-27-22)15-24-11-13-25(14-12-24)20-5-3-4-6-21(20)26/h3-10,16,26H,2,11-15H2,1H3/p+1. The second-order valence-corrected chi connectivity index (χ2v) is 7.96. The van der Waals surface area contributed by atoms with Crippen molar-refractivity contribution in [3.63, 3.8) is 0 Å². The Kier molecular flexibility index (Phi) is 5.41. The number of aryl methyl sites for hydroxylation is 1. The highest BCUT2D eigenvalue weighted by atomic mass is 32.1. The number of quaternary nitrogens is 1. The van der Waals surface area contributed by atoms with Gasteiger partial charge in [0.15, 0.2) is 0 Å². The van der Waals surface area contributed by atoms with Crippen LogP contribution in [-0.4, -0.2) is 36.3 Å². The fourth-order valence-corrected chi connectivity index (χ4v) is 4.46. The van der Waals surface area contributed by atoms with Crippen molar-refractivity contribution >= 4 is 17.0 Å². The third kappa shape index (κ3) is 4.15. The average molecular weight is 381 g/mol. The fraction of sp³-hybridized carbons (Fsp3) is 0.318. The van der Waals surface area contributed by atoms with Gasteiger partial charge in [-0.3, -0.25) is 0 Å². The molecular formula is C22H26N3OS+. The predicted octanol–water partition coefficient (Wildman–Crippen LogP) is 2.98. The number of phenolic OH excluding ortho intramolecular Hbond substituents is 1. The Hall–Kier alpha value is -2.37. The number of nitrogens with one attached hydrogen (secondary N) is 1. The van der Waals surface area contributed by atoms with Crippen LogP contribution in [0.2, 0.25) is 0 Å². The molecule has 1 fully saturated rings. The predicted molar refractivity (Wildman–Crippen MR) is 112 cm³/mol. The maximum absolute atomic E-state index is 10.1. The van der Waals surface area contributed by atoms with Crippen molar-refractivity contribution in [2.75, 3.05) is 31.1 Å². The molecule has 5 heteroatoms. The van der Waals surface area contributed by atoms with Gasteiger partial charge in [-0.15, -0.1) is 11.3 Å². The molecule has 0 radical (unpaired) electrons. The summed E-state index contributed by atoms with van der Waals surface area (Å²) in [5, 5.41) is 13.4. The molecule has 4 rings (SSSR count). The summed E-state index contributed by atoms with van der Waals surface area (Å²) in [4.78, 5) is 8.70. The van der Waals surface area contributed by atoms with Crippen molar-refractivity contribution in [2.45, 2.75) is 19.9 Å². The fourth-order valence-electron chi connectivity index (χ4n) is 3.63. The minimum atomic E-state index is 0.374. The van der Waals surface area contributed by atoms with Crippen LogP contribution in [0.25, 0.3) is 10.6 Å². The minimum absolute atomic E-state index is 0.374. The highest BCUT2D eigenvalue weighted by molar-refractivity contribution is 7.13. The second-order valence-electron chi connectivity index (χ2n) is 7.10. The van der Waals surface area contributed by atoms with Gasteiger partial charge in [0.1, 0.15) is 23.0 Å². The lowest BCUT2D eigenvalue weighted by Gasteiger charge is -2.33. The maximum atomic E-state index is 10.1. The molecule has 2 heterocycles. The Morgan fingerprint density at radius 2 is 1.81 bits per heavy atom. The van der Waals surface area contributed by atoms with Crippen molar-refractivity contribution in [1.82, 2.24) is 4.98 Å². The van der Waals surface area contributed by atoms with Gasteiger partial charge in [0.2, 0.25) is 0 Å².